The van der Waals surface area contributed by atoms with Crippen molar-refractivity contribution >= 4 is 21.9 Å². The number of nitrogens with zero attached hydrogens (tertiary/aromatic N) is 3. The van der Waals surface area contributed by atoms with Crippen molar-refractivity contribution in [2.24, 2.45) is 0 Å². The molecule has 4 aromatic carbocycles. The fraction of sp³-hybridized carbons (Fsp3) is 0.273. The summed E-state index contributed by atoms with van der Waals surface area (Å²) in [5.74, 6) is 1.60. The molecule has 5 nitrogen and oxygen atoms in total. The molecule has 0 amide bonds. The molecule has 0 radical (unpaired) electrons. The molecule has 1 aliphatic rings. The Morgan fingerprint density at radius 3 is 2.12 bits per heavy atom. The number of aromatic hydroxyl groups is 1. The van der Waals surface area contributed by atoms with Gasteiger partial charge in [0.1, 0.15) is 11.3 Å². The molecular weight excluding hydrogens is 798 g/mol. The van der Waals surface area contributed by atoms with Gasteiger partial charge in [0.2, 0.25) is 0 Å². The van der Waals surface area contributed by atoms with Crippen LogP contribution in [0.15, 0.2) is 95.5 Å². The van der Waals surface area contributed by atoms with Gasteiger partial charge in [-0.15, -0.1) is 12.1 Å². The average molecular weight is 840 g/mol. The van der Waals surface area contributed by atoms with Gasteiger partial charge in [0.05, 0.1) is 28.5 Å². The van der Waals surface area contributed by atoms with Gasteiger partial charge in [-0.25, -0.2) is 4.98 Å². The Hall–Kier alpha value is -4.47. The third-order valence-corrected chi connectivity index (χ3v) is 11.2. The summed E-state index contributed by atoms with van der Waals surface area (Å²) in [6.07, 6.45) is 2.13. The standard InChI is InChI=1S/C44H42N3O2.Pt/c1-25(2)27-15-11-16-28(26(3)4)41(27)47-24-34(46-42(47)30-17-12-21-37-38(30)29-14-9-10-20-36(29)49-37)33-23-22-32-40(45-33)39-31(18-13-19-35(39)48)43(5,6)44(32,7)8;/h9-16,18-26,48H,1-8H3;/q-1;. The Balaban J connectivity index is 0.00000392. The fourth-order valence-corrected chi connectivity index (χ4v) is 7.81. The van der Waals surface area contributed by atoms with E-state index in [4.69, 9.17) is 14.4 Å². The molecule has 8 rings (SSSR count). The number of pyridine rings is 1. The van der Waals surface area contributed by atoms with Crippen LogP contribution in [0.1, 0.15) is 89.5 Å². The van der Waals surface area contributed by atoms with Crippen molar-refractivity contribution < 1.29 is 30.6 Å². The van der Waals surface area contributed by atoms with Gasteiger partial charge in [-0.05, 0) is 63.1 Å². The van der Waals surface area contributed by atoms with Crippen molar-refractivity contribution in [3.05, 3.63) is 119 Å². The summed E-state index contributed by atoms with van der Waals surface area (Å²) in [6.45, 7) is 18.0. The van der Waals surface area contributed by atoms with E-state index < -0.39 is 0 Å². The van der Waals surface area contributed by atoms with Gasteiger partial charge < -0.3 is 14.1 Å². The van der Waals surface area contributed by atoms with Gasteiger partial charge in [0, 0.05) is 43.9 Å². The summed E-state index contributed by atoms with van der Waals surface area (Å²) < 4.78 is 8.58. The van der Waals surface area contributed by atoms with Gasteiger partial charge in [-0.1, -0.05) is 127 Å². The smallest absolute Gasteiger partial charge is 0.125 e. The number of furan rings is 1. The minimum atomic E-state index is -0.228. The van der Waals surface area contributed by atoms with E-state index in [1.165, 1.54) is 11.1 Å². The summed E-state index contributed by atoms with van der Waals surface area (Å²) in [5, 5.41) is 13.3. The number of benzene rings is 4. The molecular formula is C44H42N3O2Pt-. The first-order valence-electron chi connectivity index (χ1n) is 17.3. The van der Waals surface area contributed by atoms with Crippen LogP contribution >= 0.6 is 0 Å². The molecule has 3 heterocycles. The Morgan fingerprint density at radius 1 is 0.720 bits per heavy atom. The fourth-order valence-electron chi connectivity index (χ4n) is 7.81. The molecule has 7 aromatic rings. The summed E-state index contributed by atoms with van der Waals surface area (Å²) in [5.41, 5.74) is 11.0. The van der Waals surface area contributed by atoms with Crippen LogP contribution in [0.5, 0.6) is 5.75 Å². The van der Waals surface area contributed by atoms with Crippen molar-refractivity contribution in [2.45, 2.75) is 78.1 Å². The minimum Gasteiger partial charge on any atom is -0.507 e. The molecule has 1 aliphatic carbocycles. The van der Waals surface area contributed by atoms with Crippen LogP contribution < -0.4 is 0 Å². The molecule has 50 heavy (non-hydrogen) atoms. The monoisotopic (exact) mass is 839 g/mol. The quantitative estimate of drug-likeness (QED) is 0.175. The molecule has 0 saturated heterocycles. The van der Waals surface area contributed by atoms with Crippen molar-refractivity contribution in [2.75, 3.05) is 0 Å². The number of fused-ring (bicyclic) bond motifs is 6. The first-order valence-corrected chi connectivity index (χ1v) is 17.3. The van der Waals surface area contributed by atoms with Gasteiger partial charge in [-0.3, -0.25) is 4.98 Å². The molecule has 0 saturated carbocycles. The maximum atomic E-state index is 11.3. The average Bonchev–Trinajstić information content (AvgIpc) is 3.69. The van der Waals surface area contributed by atoms with Crippen LogP contribution in [0.4, 0.5) is 0 Å². The molecule has 0 spiro atoms. The van der Waals surface area contributed by atoms with E-state index in [-0.39, 0.29) is 49.5 Å². The van der Waals surface area contributed by atoms with Crippen LogP contribution in [-0.4, -0.2) is 19.6 Å². The third kappa shape index (κ3) is 4.92. The molecule has 3 aromatic heterocycles. The van der Waals surface area contributed by atoms with Gasteiger partial charge in [0.15, 0.2) is 0 Å². The van der Waals surface area contributed by atoms with E-state index in [0.717, 1.165) is 72.8 Å². The Kier molecular flexibility index (Phi) is 8.22. The predicted molar refractivity (Wildman–Crippen MR) is 200 cm³/mol. The molecule has 0 fully saturated rings. The van der Waals surface area contributed by atoms with Gasteiger partial charge in [0.25, 0.3) is 0 Å². The second kappa shape index (κ2) is 12.1. The number of phenols is 1. The predicted octanol–water partition coefficient (Wildman–Crippen LogP) is 11.5. The van der Waals surface area contributed by atoms with Crippen LogP contribution in [-0.2, 0) is 31.9 Å². The van der Waals surface area contributed by atoms with E-state index in [1.54, 1.807) is 6.07 Å². The van der Waals surface area contributed by atoms with Crippen LogP contribution in [0, 0.1) is 6.07 Å². The zero-order chi connectivity index (χ0) is 34.4. The van der Waals surface area contributed by atoms with E-state index in [9.17, 15) is 5.11 Å². The maximum Gasteiger partial charge on any atom is 0.125 e. The van der Waals surface area contributed by atoms with E-state index in [0.29, 0.717) is 0 Å². The first kappa shape index (κ1) is 34.0. The number of rotatable bonds is 5. The van der Waals surface area contributed by atoms with Crippen LogP contribution in [0.2, 0.25) is 0 Å². The van der Waals surface area contributed by atoms with Crippen molar-refractivity contribution in [1.29, 1.82) is 0 Å². The molecule has 0 bridgehead atoms. The Bertz CT molecular complexity index is 2400. The van der Waals surface area contributed by atoms with E-state index in [1.807, 2.05) is 36.4 Å². The van der Waals surface area contributed by atoms with Gasteiger partial charge in [-0.2, -0.15) is 0 Å². The Labute approximate surface area is 308 Å². The number of hydrogen-bond acceptors (Lipinski definition) is 4. The zero-order valence-electron chi connectivity index (χ0n) is 29.8. The molecule has 6 heteroatoms. The number of phenolic OH excluding ortho intramolecular Hbond substituents is 1. The normalized spacial score (nSPS) is 14.6. The zero-order valence-corrected chi connectivity index (χ0v) is 32.1. The largest absolute Gasteiger partial charge is 0.507 e. The second-order valence-electron chi connectivity index (χ2n) is 15.1. The Morgan fingerprint density at radius 2 is 1.40 bits per heavy atom. The molecule has 0 atom stereocenters. The summed E-state index contributed by atoms with van der Waals surface area (Å²) in [7, 11) is 0. The minimum absolute atomic E-state index is 0. The van der Waals surface area contributed by atoms with Crippen molar-refractivity contribution in [3.63, 3.8) is 0 Å². The van der Waals surface area contributed by atoms with E-state index in [2.05, 4.69) is 115 Å². The number of aromatic nitrogens is 3. The molecule has 0 unspecified atom stereocenters. The summed E-state index contributed by atoms with van der Waals surface area (Å²) in [4.78, 5) is 10.8. The van der Waals surface area contributed by atoms with Crippen LogP contribution in [0.3, 0.4) is 0 Å². The van der Waals surface area contributed by atoms with Crippen LogP contribution in [0.25, 0.3) is 61.7 Å². The number of imidazole rings is 1. The SMILES string of the molecule is CC(C)c1cccc(C(C)C)c1-n1cc(-c2ccc3c(n2)-c2c(O)cccc2C(C)(C)C3(C)C)nc1-c1[c-]ccc2oc3ccccc3c12.[Pt]. The number of hydrogen-bond donors (Lipinski definition) is 1. The molecule has 0 aliphatic heterocycles. The number of para-hydroxylation sites is 2. The topological polar surface area (TPSA) is 64.1 Å². The van der Waals surface area contributed by atoms with Crippen molar-refractivity contribution in [3.8, 4) is 45.5 Å². The van der Waals surface area contributed by atoms with Crippen molar-refractivity contribution in [1.82, 2.24) is 14.5 Å². The molecule has 256 valence electrons. The second-order valence-corrected chi connectivity index (χ2v) is 15.1. The third-order valence-electron chi connectivity index (χ3n) is 11.2. The molecule has 1 N–H and O–H groups in total. The van der Waals surface area contributed by atoms with Gasteiger partial charge >= 0.3 is 0 Å². The summed E-state index contributed by atoms with van der Waals surface area (Å²) >= 11 is 0. The summed E-state index contributed by atoms with van der Waals surface area (Å²) in [6, 6.07) is 32.4. The first-order chi connectivity index (χ1) is 23.4. The van der Waals surface area contributed by atoms with E-state index >= 15 is 0 Å². The maximum absolute atomic E-state index is 11.3.